The number of benzene rings is 3. The summed E-state index contributed by atoms with van der Waals surface area (Å²) in [5.41, 5.74) is 4.67. The maximum atomic E-state index is 12.7. The number of methoxy groups -OCH3 is 1. The standard InChI is InChI=1S/C23H20N4O2S/c1-16-8-13-22(29-2)20(14-16)27-23(24-25-26-27)30-15-21(28)19-11-9-18(10-12-19)17-6-4-3-5-7-17/h3-14H,15H2,1-2H3. The van der Waals surface area contributed by atoms with Gasteiger partial charge in [-0.25, -0.2) is 0 Å². The van der Waals surface area contributed by atoms with E-state index in [4.69, 9.17) is 4.74 Å². The van der Waals surface area contributed by atoms with E-state index in [0.717, 1.165) is 22.4 Å². The van der Waals surface area contributed by atoms with E-state index in [-0.39, 0.29) is 11.5 Å². The summed E-state index contributed by atoms with van der Waals surface area (Å²) in [6, 6.07) is 23.5. The first-order valence-electron chi connectivity index (χ1n) is 9.40. The highest BCUT2D eigenvalue weighted by Crippen LogP contribution is 2.27. The van der Waals surface area contributed by atoms with Crippen molar-refractivity contribution in [2.45, 2.75) is 12.1 Å². The first-order valence-corrected chi connectivity index (χ1v) is 10.4. The molecule has 0 amide bonds. The number of aryl methyl sites for hydroxylation is 1. The first kappa shape index (κ1) is 19.8. The lowest BCUT2D eigenvalue weighted by molar-refractivity contribution is 0.102. The molecular formula is C23H20N4O2S. The number of Topliss-reactive ketones (excluding diaryl/α,β-unsaturated/α-hetero) is 1. The molecule has 0 saturated carbocycles. The Bertz CT molecular complexity index is 1160. The summed E-state index contributed by atoms with van der Waals surface area (Å²) in [6.07, 6.45) is 0. The van der Waals surface area contributed by atoms with Gasteiger partial charge in [0.2, 0.25) is 5.16 Å². The average molecular weight is 417 g/mol. The van der Waals surface area contributed by atoms with Gasteiger partial charge in [-0.1, -0.05) is 72.4 Å². The molecule has 0 aliphatic rings. The molecule has 150 valence electrons. The number of rotatable bonds is 7. The maximum absolute atomic E-state index is 12.7. The molecule has 0 saturated heterocycles. The number of hydrogen-bond acceptors (Lipinski definition) is 6. The molecule has 7 heteroatoms. The van der Waals surface area contributed by atoms with Gasteiger partial charge in [-0.2, -0.15) is 4.68 Å². The Morgan fingerprint density at radius 2 is 1.73 bits per heavy atom. The first-order chi connectivity index (χ1) is 14.7. The second kappa shape index (κ2) is 8.92. The van der Waals surface area contributed by atoms with E-state index in [1.54, 1.807) is 11.8 Å². The third-order valence-electron chi connectivity index (χ3n) is 4.65. The number of ether oxygens (including phenoxy) is 1. The van der Waals surface area contributed by atoms with Gasteiger partial charge in [0.25, 0.3) is 0 Å². The summed E-state index contributed by atoms with van der Waals surface area (Å²) in [4.78, 5) is 12.7. The van der Waals surface area contributed by atoms with Gasteiger partial charge in [0.15, 0.2) is 5.78 Å². The number of carbonyl (C=O) groups is 1. The maximum Gasteiger partial charge on any atom is 0.214 e. The summed E-state index contributed by atoms with van der Waals surface area (Å²) in [5.74, 6) is 0.919. The van der Waals surface area contributed by atoms with Crippen LogP contribution in [0.1, 0.15) is 15.9 Å². The number of aromatic nitrogens is 4. The zero-order chi connectivity index (χ0) is 20.9. The van der Waals surface area contributed by atoms with Crippen molar-refractivity contribution in [2.75, 3.05) is 12.9 Å². The number of nitrogens with zero attached hydrogens (tertiary/aromatic N) is 4. The minimum absolute atomic E-state index is 0.0189. The van der Waals surface area contributed by atoms with Gasteiger partial charge >= 0.3 is 0 Å². The van der Waals surface area contributed by atoms with Crippen LogP contribution in [0, 0.1) is 6.92 Å². The number of carbonyl (C=O) groups excluding carboxylic acids is 1. The molecular weight excluding hydrogens is 396 g/mol. The number of thioether (sulfide) groups is 1. The summed E-state index contributed by atoms with van der Waals surface area (Å²) in [7, 11) is 1.61. The van der Waals surface area contributed by atoms with Crippen molar-refractivity contribution in [1.82, 2.24) is 20.2 Å². The molecule has 0 fully saturated rings. The van der Waals surface area contributed by atoms with Crippen LogP contribution in [0.5, 0.6) is 5.75 Å². The van der Waals surface area contributed by atoms with Crippen molar-refractivity contribution in [3.05, 3.63) is 83.9 Å². The minimum atomic E-state index is 0.0189. The molecule has 0 spiro atoms. The number of ketones is 1. The molecule has 3 aromatic carbocycles. The van der Waals surface area contributed by atoms with Crippen LogP contribution in [-0.2, 0) is 0 Å². The molecule has 0 bridgehead atoms. The Morgan fingerprint density at radius 1 is 1.00 bits per heavy atom. The molecule has 0 atom stereocenters. The van der Waals surface area contributed by atoms with Crippen LogP contribution in [0.2, 0.25) is 0 Å². The largest absolute Gasteiger partial charge is 0.494 e. The number of hydrogen-bond donors (Lipinski definition) is 0. The smallest absolute Gasteiger partial charge is 0.214 e. The average Bonchev–Trinajstić information content (AvgIpc) is 3.26. The Labute approximate surface area is 178 Å². The number of tetrazole rings is 1. The lowest BCUT2D eigenvalue weighted by Gasteiger charge is -2.10. The van der Waals surface area contributed by atoms with Crippen LogP contribution in [0.4, 0.5) is 0 Å². The predicted molar refractivity (Wildman–Crippen MR) is 117 cm³/mol. The summed E-state index contributed by atoms with van der Waals surface area (Å²) in [5, 5.41) is 12.5. The van der Waals surface area contributed by atoms with E-state index in [0.29, 0.717) is 16.5 Å². The van der Waals surface area contributed by atoms with Crippen molar-refractivity contribution in [3.63, 3.8) is 0 Å². The highest BCUT2D eigenvalue weighted by Gasteiger charge is 2.16. The van der Waals surface area contributed by atoms with Crippen LogP contribution < -0.4 is 4.74 Å². The lowest BCUT2D eigenvalue weighted by Crippen LogP contribution is -2.06. The molecule has 4 rings (SSSR count). The highest BCUT2D eigenvalue weighted by atomic mass is 32.2. The van der Waals surface area contributed by atoms with E-state index in [1.807, 2.05) is 79.7 Å². The van der Waals surface area contributed by atoms with Crippen LogP contribution in [-0.4, -0.2) is 38.9 Å². The normalized spacial score (nSPS) is 10.7. The monoisotopic (exact) mass is 416 g/mol. The van der Waals surface area contributed by atoms with Crippen molar-refractivity contribution in [2.24, 2.45) is 0 Å². The molecule has 4 aromatic rings. The Hall–Kier alpha value is -3.45. The van der Waals surface area contributed by atoms with Crippen molar-refractivity contribution in [1.29, 1.82) is 0 Å². The fraction of sp³-hybridized carbons (Fsp3) is 0.130. The molecule has 0 aliphatic carbocycles. The van der Waals surface area contributed by atoms with Gasteiger partial charge in [-0.05, 0) is 46.2 Å². The van der Waals surface area contributed by atoms with Crippen LogP contribution in [0.25, 0.3) is 16.8 Å². The quantitative estimate of drug-likeness (QED) is 0.323. The van der Waals surface area contributed by atoms with Crippen molar-refractivity contribution < 1.29 is 9.53 Å². The SMILES string of the molecule is COc1ccc(C)cc1-n1nnnc1SCC(=O)c1ccc(-c2ccccc2)cc1. The molecule has 0 unspecified atom stereocenters. The minimum Gasteiger partial charge on any atom is -0.494 e. The van der Waals surface area contributed by atoms with Crippen LogP contribution in [0.3, 0.4) is 0 Å². The van der Waals surface area contributed by atoms with E-state index in [2.05, 4.69) is 15.5 Å². The molecule has 0 radical (unpaired) electrons. The van der Waals surface area contributed by atoms with E-state index in [1.165, 1.54) is 11.8 Å². The second-order valence-electron chi connectivity index (χ2n) is 6.70. The zero-order valence-corrected chi connectivity index (χ0v) is 17.5. The van der Waals surface area contributed by atoms with Gasteiger partial charge in [-0.15, -0.1) is 5.10 Å². The summed E-state index contributed by atoms with van der Waals surface area (Å²) >= 11 is 1.30. The van der Waals surface area contributed by atoms with Crippen LogP contribution in [0.15, 0.2) is 78.0 Å². The Morgan fingerprint density at radius 3 is 2.47 bits per heavy atom. The molecule has 1 aromatic heterocycles. The fourth-order valence-electron chi connectivity index (χ4n) is 3.08. The second-order valence-corrected chi connectivity index (χ2v) is 7.65. The fourth-order valence-corrected chi connectivity index (χ4v) is 3.86. The third kappa shape index (κ3) is 4.26. The van der Waals surface area contributed by atoms with Crippen molar-refractivity contribution in [3.8, 4) is 22.6 Å². The predicted octanol–water partition coefficient (Wildman–Crippen LogP) is 4.62. The molecule has 1 heterocycles. The van der Waals surface area contributed by atoms with Crippen LogP contribution >= 0.6 is 11.8 Å². The third-order valence-corrected chi connectivity index (χ3v) is 5.57. The van der Waals surface area contributed by atoms with Gasteiger partial charge in [0.1, 0.15) is 11.4 Å². The molecule has 0 N–H and O–H groups in total. The molecule has 0 aliphatic heterocycles. The summed E-state index contributed by atoms with van der Waals surface area (Å²) in [6.45, 7) is 1.99. The lowest BCUT2D eigenvalue weighted by atomic mass is 10.0. The van der Waals surface area contributed by atoms with Gasteiger partial charge < -0.3 is 4.74 Å². The van der Waals surface area contributed by atoms with Gasteiger partial charge in [-0.3, -0.25) is 4.79 Å². The Balaban J connectivity index is 1.48. The topological polar surface area (TPSA) is 69.9 Å². The van der Waals surface area contributed by atoms with E-state index in [9.17, 15) is 4.79 Å². The molecule has 30 heavy (non-hydrogen) atoms. The van der Waals surface area contributed by atoms with Gasteiger partial charge in [0, 0.05) is 5.56 Å². The van der Waals surface area contributed by atoms with E-state index < -0.39 is 0 Å². The van der Waals surface area contributed by atoms with Gasteiger partial charge in [0.05, 0.1) is 12.9 Å². The molecule has 6 nitrogen and oxygen atoms in total. The summed E-state index contributed by atoms with van der Waals surface area (Å²) < 4.78 is 7.03. The van der Waals surface area contributed by atoms with Crippen molar-refractivity contribution >= 4 is 17.5 Å². The zero-order valence-electron chi connectivity index (χ0n) is 16.6. The van der Waals surface area contributed by atoms with E-state index >= 15 is 0 Å². The Kier molecular flexibility index (Phi) is 5.90. The highest BCUT2D eigenvalue weighted by molar-refractivity contribution is 7.99.